The monoisotopic (exact) mass is 454 g/mol. The van der Waals surface area contributed by atoms with E-state index in [-0.39, 0.29) is 42.0 Å². The van der Waals surface area contributed by atoms with Crippen molar-refractivity contribution in [3.05, 3.63) is 36.9 Å². The van der Waals surface area contributed by atoms with Crippen LogP contribution in [0.15, 0.2) is 36.9 Å². The van der Waals surface area contributed by atoms with Gasteiger partial charge in [0.1, 0.15) is 18.7 Å². The summed E-state index contributed by atoms with van der Waals surface area (Å²) >= 11 is 0. The number of aromatic nitrogens is 3. The lowest BCUT2D eigenvalue weighted by molar-refractivity contribution is -0.128. The van der Waals surface area contributed by atoms with Gasteiger partial charge in [0, 0.05) is 17.9 Å². The Balaban J connectivity index is 0.00000160. The molecule has 0 radical (unpaired) electrons. The quantitative estimate of drug-likeness (QED) is 0.644. The zero-order chi connectivity index (χ0) is 19.6. The molecular weight excluding hydrogens is 427 g/mol. The van der Waals surface area contributed by atoms with Crippen molar-refractivity contribution >= 4 is 48.0 Å². The summed E-state index contributed by atoms with van der Waals surface area (Å²) < 4.78 is 1.50. The van der Waals surface area contributed by atoms with Gasteiger partial charge in [-0.3, -0.25) is 9.59 Å². The molecule has 2 amide bonds. The van der Waals surface area contributed by atoms with E-state index in [1.165, 1.54) is 23.8 Å². The Morgan fingerprint density at radius 1 is 1.17 bits per heavy atom. The molecule has 2 heterocycles. The maximum atomic E-state index is 13.0. The number of amides is 2. The molecule has 1 saturated carbocycles. The highest BCUT2D eigenvalue weighted by Crippen LogP contribution is 2.44. The van der Waals surface area contributed by atoms with E-state index in [0.717, 1.165) is 38.0 Å². The van der Waals surface area contributed by atoms with E-state index in [9.17, 15) is 9.59 Å². The Hall–Kier alpha value is -2.16. The summed E-state index contributed by atoms with van der Waals surface area (Å²) in [5, 5.41) is 13.3. The van der Waals surface area contributed by atoms with Gasteiger partial charge in [0.05, 0.1) is 5.41 Å². The molecule has 3 atom stereocenters. The van der Waals surface area contributed by atoms with E-state index in [4.69, 9.17) is 0 Å². The van der Waals surface area contributed by atoms with Gasteiger partial charge in [-0.15, -0.1) is 24.8 Å². The second-order valence-corrected chi connectivity index (χ2v) is 7.80. The number of anilines is 2. The molecule has 8 nitrogen and oxygen atoms in total. The van der Waals surface area contributed by atoms with Crippen LogP contribution in [0.3, 0.4) is 0 Å². The molecule has 2 aliphatic rings. The predicted octanol–water partition coefficient (Wildman–Crippen LogP) is 3.04. The molecule has 4 rings (SSSR count). The summed E-state index contributed by atoms with van der Waals surface area (Å²) in [5.74, 6) is 0.361. The number of carbonyl (C=O) groups is 2. The van der Waals surface area contributed by atoms with E-state index in [1.807, 2.05) is 12.1 Å². The molecular formula is C20H28Cl2N6O2. The van der Waals surface area contributed by atoms with Gasteiger partial charge in [0.25, 0.3) is 0 Å². The van der Waals surface area contributed by atoms with Gasteiger partial charge in [0.15, 0.2) is 0 Å². The lowest BCUT2D eigenvalue weighted by atomic mass is 9.67. The predicted molar refractivity (Wildman–Crippen MR) is 120 cm³/mol. The number of benzene rings is 1. The highest BCUT2D eigenvalue weighted by molar-refractivity contribution is 5.97. The number of hydrogen-bond donors (Lipinski definition) is 3. The van der Waals surface area contributed by atoms with E-state index in [0.29, 0.717) is 11.6 Å². The van der Waals surface area contributed by atoms with Crippen molar-refractivity contribution in [2.75, 3.05) is 23.7 Å². The molecule has 164 valence electrons. The van der Waals surface area contributed by atoms with Crippen molar-refractivity contribution < 1.29 is 9.59 Å². The van der Waals surface area contributed by atoms with Crippen LogP contribution in [0.5, 0.6) is 0 Å². The van der Waals surface area contributed by atoms with Crippen molar-refractivity contribution in [3.63, 3.8) is 0 Å². The maximum absolute atomic E-state index is 13.0. The number of fused-ring (bicyclic) bond motifs is 1. The minimum Gasteiger partial charge on any atom is -0.326 e. The average Bonchev–Trinajstić information content (AvgIpc) is 3.39. The van der Waals surface area contributed by atoms with Crippen molar-refractivity contribution in [1.29, 1.82) is 0 Å². The van der Waals surface area contributed by atoms with E-state index >= 15 is 0 Å². The second-order valence-electron chi connectivity index (χ2n) is 7.80. The van der Waals surface area contributed by atoms with Crippen LogP contribution in [-0.4, -0.2) is 39.7 Å². The van der Waals surface area contributed by atoms with Crippen molar-refractivity contribution in [2.45, 2.75) is 38.6 Å². The minimum absolute atomic E-state index is 0. The summed E-state index contributed by atoms with van der Waals surface area (Å²) in [6.07, 6.45) is 7.31. The summed E-state index contributed by atoms with van der Waals surface area (Å²) in [6.45, 7) is 3.45. The first-order valence-corrected chi connectivity index (χ1v) is 9.86. The molecule has 1 saturated heterocycles. The van der Waals surface area contributed by atoms with Crippen LogP contribution in [0.4, 0.5) is 11.4 Å². The summed E-state index contributed by atoms with van der Waals surface area (Å²) in [6, 6.07) is 6.78. The molecule has 0 spiro atoms. The van der Waals surface area contributed by atoms with Crippen LogP contribution in [0.2, 0.25) is 0 Å². The van der Waals surface area contributed by atoms with E-state index < -0.39 is 6.04 Å². The van der Waals surface area contributed by atoms with Gasteiger partial charge in [-0.2, -0.15) is 5.10 Å². The summed E-state index contributed by atoms with van der Waals surface area (Å²) in [4.78, 5) is 29.2. The van der Waals surface area contributed by atoms with Crippen LogP contribution in [-0.2, 0) is 9.59 Å². The van der Waals surface area contributed by atoms with Gasteiger partial charge in [-0.1, -0.05) is 12.8 Å². The molecule has 1 aliphatic carbocycles. The van der Waals surface area contributed by atoms with Gasteiger partial charge >= 0.3 is 0 Å². The largest absolute Gasteiger partial charge is 0.326 e. The van der Waals surface area contributed by atoms with Gasteiger partial charge in [0.2, 0.25) is 11.8 Å². The Morgan fingerprint density at radius 2 is 1.87 bits per heavy atom. The first-order chi connectivity index (χ1) is 13.6. The van der Waals surface area contributed by atoms with Crippen LogP contribution in [0.25, 0.3) is 0 Å². The Morgan fingerprint density at radius 3 is 2.53 bits per heavy atom. The minimum atomic E-state index is -0.459. The number of nitrogens with zero attached hydrogens (tertiary/aromatic N) is 3. The molecule has 1 aromatic heterocycles. The Labute approximate surface area is 188 Å². The number of halogens is 2. The molecule has 30 heavy (non-hydrogen) atoms. The molecule has 3 N–H and O–H groups in total. The van der Waals surface area contributed by atoms with Gasteiger partial charge in [-0.05, 0) is 56.5 Å². The van der Waals surface area contributed by atoms with Crippen LogP contribution in [0, 0.1) is 11.3 Å². The lowest BCUT2D eigenvalue weighted by Crippen LogP contribution is -2.44. The standard InChI is InChI=1S/C20H26N6O2.2ClH/c1-14(26-13-22-12-23-26)18(27)24-16-5-7-17(8-6-16)25-19(28)20-9-3-2-4-15(20)10-21-11-20;;/h5-8,12-15,21H,2-4,9-11H2,1H3,(H,24,27)(H,25,28);2*1H/t14?,15-,20+;;/m0../s1. The second kappa shape index (κ2) is 10.2. The number of rotatable bonds is 5. The van der Waals surface area contributed by atoms with Crippen molar-refractivity contribution in [2.24, 2.45) is 11.3 Å². The number of carbonyl (C=O) groups excluding carboxylic acids is 2. The fraction of sp³-hybridized carbons (Fsp3) is 0.500. The third-order valence-electron chi connectivity index (χ3n) is 6.11. The SMILES string of the molecule is CC(C(=O)Nc1ccc(NC(=O)[C@@]23CCCC[C@H]2CNC3)cc1)n1cncn1.Cl.Cl. The van der Waals surface area contributed by atoms with Crippen LogP contribution >= 0.6 is 24.8 Å². The molecule has 2 aromatic rings. The zero-order valence-corrected chi connectivity index (χ0v) is 18.5. The van der Waals surface area contributed by atoms with Crippen molar-refractivity contribution in [1.82, 2.24) is 20.1 Å². The zero-order valence-electron chi connectivity index (χ0n) is 16.8. The fourth-order valence-corrected chi connectivity index (χ4v) is 4.37. The number of hydrogen-bond acceptors (Lipinski definition) is 5. The first-order valence-electron chi connectivity index (χ1n) is 9.86. The molecule has 1 unspecified atom stereocenters. The van der Waals surface area contributed by atoms with Gasteiger partial charge < -0.3 is 16.0 Å². The molecule has 1 aliphatic heterocycles. The van der Waals surface area contributed by atoms with Crippen LogP contribution < -0.4 is 16.0 Å². The number of nitrogens with one attached hydrogen (secondary N) is 3. The van der Waals surface area contributed by atoms with E-state index in [1.54, 1.807) is 19.1 Å². The molecule has 0 bridgehead atoms. The van der Waals surface area contributed by atoms with Crippen molar-refractivity contribution in [3.8, 4) is 0 Å². The fourth-order valence-electron chi connectivity index (χ4n) is 4.37. The summed E-state index contributed by atoms with van der Waals surface area (Å²) in [5.41, 5.74) is 1.14. The highest BCUT2D eigenvalue weighted by Gasteiger charge is 2.49. The normalized spacial score (nSPS) is 23.3. The molecule has 2 fully saturated rings. The Bertz CT molecular complexity index is 845. The van der Waals surface area contributed by atoms with Gasteiger partial charge in [-0.25, -0.2) is 9.67 Å². The first kappa shape index (κ1) is 24.1. The summed E-state index contributed by atoms with van der Waals surface area (Å²) in [7, 11) is 0. The topological polar surface area (TPSA) is 101 Å². The highest BCUT2D eigenvalue weighted by atomic mass is 35.5. The maximum Gasteiger partial charge on any atom is 0.249 e. The lowest BCUT2D eigenvalue weighted by Gasteiger charge is -2.37. The third-order valence-corrected chi connectivity index (χ3v) is 6.11. The smallest absolute Gasteiger partial charge is 0.249 e. The molecule has 10 heteroatoms. The average molecular weight is 455 g/mol. The third kappa shape index (κ3) is 4.77. The Kier molecular flexibility index (Phi) is 8.23. The molecule has 1 aromatic carbocycles. The van der Waals surface area contributed by atoms with E-state index in [2.05, 4.69) is 26.0 Å². The van der Waals surface area contributed by atoms with Crippen LogP contribution in [0.1, 0.15) is 38.6 Å².